The average Bonchev–Trinajstić information content (AvgIpc) is 3.54. The molecule has 0 aliphatic carbocycles. The van der Waals surface area contributed by atoms with Crippen LogP contribution in [0.15, 0.2) is 67.0 Å². The third kappa shape index (κ3) is 4.75. The van der Waals surface area contributed by atoms with Gasteiger partial charge in [0, 0.05) is 49.0 Å². The van der Waals surface area contributed by atoms with Crippen molar-refractivity contribution in [2.45, 2.75) is 19.0 Å². The smallest absolute Gasteiger partial charge is 0.178 e. The summed E-state index contributed by atoms with van der Waals surface area (Å²) in [6, 6.07) is 18.9. The highest BCUT2D eigenvalue weighted by Gasteiger charge is 2.21. The van der Waals surface area contributed by atoms with Crippen LogP contribution >= 0.6 is 11.6 Å². The molecule has 182 valence electrons. The number of nitrogens with zero attached hydrogens (tertiary/aromatic N) is 6. The predicted octanol–water partition coefficient (Wildman–Crippen LogP) is 3.58. The van der Waals surface area contributed by atoms with Crippen LogP contribution in [0.3, 0.4) is 0 Å². The number of nitrogen functional groups attached to an aromatic ring is 1. The van der Waals surface area contributed by atoms with E-state index in [1.54, 1.807) is 0 Å². The number of fused-ring (bicyclic) bond motifs is 1. The van der Waals surface area contributed by atoms with Gasteiger partial charge in [-0.1, -0.05) is 41.1 Å². The van der Waals surface area contributed by atoms with Crippen LogP contribution < -0.4 is 16.0 Å². The lowest BCUT2D eigenvalue weighted by Gasteiger charge is -2.35. The molecule has 4 heterocycles. The number of rotatable bonds is 6. The van der Waals surface area contributed by atoms with Crippen LogP contribution in [0, 0.1) is 0 Å². The highest BCUT2D eigenvalue weighted by molar-refractivity contribution is 6.30. The van der Waals surface area contributed by atoms with Crippen LogP contribution in [-0.2, 0) is 13.0 Å². The predicted molar refractivity (Wildman–Crippen MR) is 141 cm³/mol. The van der Waals surface area contributed by atoms with Gasteiger partial charge in [0.15, 0.2) is 5.65 Å². The summed E-state index contributed by atoms with van der Waals surface area (Å²) in [7, 11) is 0. The van der Waals surface area contributed by atoms with Crippen LogP contribution in [0.25, 0.3) is 11.2 Å². The molecule has 1 fully saturated rings. The van der Waals surface area contributed by atoms with Gasteiger partial charge in [-0.05, 0) is 52.6 Å². The number of aromatic nitrogens is 6. The second kappa shape index (κ2) is 9.60. The SMILES string of the molecule is Nc1cc(Cc2cnn(Cc3cccc(N4CCNC(c5cccc(Cl)c5)C4)c3)c2)c2nn[nH]c2n1. The molecule has 36 heavy (non-hydrogen) atoms. The van der Waals surface area contributed by atoms with E-state index in [-0.39, 0.29) is 6.04 Å². The number of hydrogen-bond acceptors (Lipinski definition) is 7. The zero-order chi connectivity index (χ0) is 24.5. The Hall–Kier alpha value is -3.95. The summed E-state index contributed by atoms with van der Waals surface area (Å²) in [6.45, 7) is 3.46. The number of pyridine rings is 1. The Morgan fingerprint density at radius 1 is 1.08 bits per heavy atom. The van der Waals surface area contributed by atoms with E-state index >= 15 is 0 Å². The molecule has 1 atom stereocenters. The van der Waals surface area contributed by atoms with Crippen molar-refractivity contribution in [3.05, 3.63) is 94.3 Å². The molecule has 2 aromatic carbocycles. The first-order valence-electron chi connectivity index (χ1n) is 11.9. The lowest BCUT2D eigenvalue weighted by Crippen LogP contribution is -2.45. The summed E-state index contributed by atoms with van der Waals surface area (Å²) in [5.41, 5.74) is 13.0. The highest BCUT2D eigenvalue weighted by Crippen LogP contribution is 2.25. The quantitative estimate of drug-likeness (QED) is 0.327. The summed E-state index contributed by atoms with van der Waals surface area (Å²) >= 11 is 6.22. The number of anilines is 2. The molecule has 4 N–H and O–H groups in total. The van der Waals surface area contributed by atoms with E-state index in [4.69, 9.17) is 17.3 Å². The third-order valence-corrected chi connectivity index (χ3v) is 6.76. The number of H-pyrrole nitrogens is 1. The molecular formula is C26H26ClN9. The molecule has 1 aliphatic rings. The van der Waals surface area contributed by atoms with Crippen molar-refractivity contribution in [3.63, 3.8) is 0 Å². The highest BCUT2D eigenvalue weighted by atomic mass is 35.5. The summed E-state index contributed by atoms with van der Waals surface area (Å²) in [5, 5.41) is 19.8. The van der Waals surface area contributed by atoms with Crippen LogP contribution in [0.4, 0.5) is 11.5 Å². The lowest BCUT2D eigenvalue weighted by atomic mass is 10.0. The van der Waals surface area contributed by atoms with Crippen molar-refractivity contribution in [1.82, 2.24) is 35.5 Å². The topological polar surface area (TPSA) is 114 Å². The summed E-state index contributed by atoms with van der Waals surface area (Å²) in [4.78, 5) is 6.66. The van der Waals surface area contributed by atoms with Crippen molar-refractivity contribution in [3.8, 4) is 0 Å². The van der Waals surface area contributed by atoms with Gasteiger partial charge < -0.3 is 16.0 Å². The van der Waals surface area contributed by atoms with E-state index in [1.165, 1.54) is 16.8 Å². The fourth-order valence-electron chi connectivity index (χ4n) is 4.83. The van der Waals surface area contributed by atoms with E-state index < -0.39 is 0 Å². The van der Waals surface area contributed by atoms with Gasteiger partial charge in [0.25, 0.3) is 0 Å². The molecule has 9 nitrogen and oxygen atoms in total. The monoisotopic (exact) mass is 499 g/mol. The molecule has 1 aliphatic heterocycles. The van der Waals surface area contributed by atoms with Crippen molar-refractivity contribution in [2.75, 3.05) is 30.3 Å². The maximum atomic E-state index is 6.22. The first-order chi connectivity index (χ1) is 17.6. The fraction of sp³-hybridized carbons (Fsp3) is 0.231. The largest absolute Gasteiger partial charge is 0.384 e. The molecule has 1 unspecified atom stereocenters. The third-order valence-electron chi connectivity index (χ3n) is 6.53. The van der Waals surface area contributed by atoms with Crippen molar-refractivity contribution < 1.29 is 0 Å². The van der Waals surface area contributed by atoms with Crippen molar-refractivity contribution >= 4 is 34.3 Å². The molecular weight excluding hydrogens is 474 g/mol. The first kappa shape index (κ1) is 22.5. The summed E-state index contributed by atoms with van der Waals surface area (Å²) in [5.74, 6) is 0.443. The Morgan fingerprint density at radius 3 is 2.92 bits per heavy atom. The van der Waals surface area contributed by atoms with E-state index in [9.17, 15) is 0 Å². The molecule has 5 aromatic rings. The van der Waals surface area contributed by atoms with Gasteiger partial charge in [-0.15, -0.1) is 5.10 Å². The molecule has 0 amide bonds. The molecule has 3 aromatic heterocycles. The van der Waals surface area contributed by atoms with Gasteiger partial charge in [0.05, 0.1) is 12.7 Å². The molecule has 6 rings (SSSR count). The van der Waals surface area contributed by atoms with Crippen molar-refractivity contribution in [2.24, 2.45) is 0 Å². The van der Waals surface area contributed by atoms with Gasteiger partial charge in [-0.25, -0.2) is 10.1 Å². The summed E-state index contributed by atoms with van der Waals surface area (Å²) < 4.78 is 1.96. The molecule has 1 saturated heterocycles. The normalized spacial score (nSPS) is 16.0. The van der Waals surface area contributed by atoms with Gasteiger partial charge in [0.2, 0.25) is 0 Å². The summed E-state index contributed by atoms with van der Waals surface area (Å²) in [6.07, 6.45) is 4.61. The average molecular weight is 500 g/mol. The first-order valence-corrected chi connectivity index (χ1v) is 12.3. The standard InChI is InChI=1S/C26H26ClN9/c27-21-5-2-4-19(11-21)23-16-35(8-7-29-23)22-6-1-3-17(10-22)14-36-15-18(13-30-36)9-20-12-24(28)31-26-25(20)32-34-33-26/h1-6,10-13,15,23,29H,7-9,14,16H2,(H3,28,31,32,33,34). The molecule has 10 heteroatoms. The Bertz CT molecular complexity index is 1510. The van der Waals surface area contributed by atoms with Gasteiger partial charge in [-0.2, -0.15) is 5.10 Å². The van der Waals surface area contributed by atoms with E-state index in [2.05, 4.69) is 72.2 Å². The number of piperazine rings is 1. The van der Waals surface area contributed by atoms with E-state index in [1.807, 2.05) is 35.1 Å². The molecule has 0 saturated carbocycles. The zero-order valence-corrected chi connectivity index (χ0v) is 20.4. The van der Waals surface area contributed by atoms with Crippen LogP contribution in [-0.4, -0.2) is 49.8 Å². The number of nitrogens with one attached hydrogen (secondary N) is 2. The fourth-order valence-corrected chi connectivity index (χ4v) is 5.03. The zero-order valence-electron chi connectivity index (χ0n) is 19.6. The number of nitrogens with two attached hydrogens (primary N) is 1. The van der Waals surface area contributed by atoms with Gasteiger partial charge >= 0.3 is 0 Å². The van der Waals surface area contributed by atoms with E-state index in [0.717, 1.165) is 41.3 Å². The second-order valence-corrected chi connectivity index (χ2v) is 9.55. The van der Waals surface area contributed by atoms with Gasteiger partial charge in [0.1, 0.15) is 11.3 Å². The van der Waals surface area contributed by atoms with Crippen LogP contribution in [0.1, 0.15) is 28.3 Å². The Labute approximate surface area is 213 Å². The minimum atomic E-state index is 0.244. The Kier molecular flexibility index (Phi) is 6.00. The number of benzene rings is 2. The van der Waals surface area contributed by atoms with Gasteiger partial charge in [-0.3, -0.25) is 4.68 Å². The van der Waals surface area contributed by atoms with Crippen LogP contribution in [0.2, 0.25) is 5.02 Å². The lowest BCUT2D eigenvalue weighted by molar-refractivity contribution is 0.472. The molecule has 0 bridgehead atoms. The second-order valence-electron chi connectivity index (χ2n) is 9.12. The Morgan fingerprint density at radius 2 is 2.00 bits per heavy atom. The minimum absolute atomic E-state index is 0.244. The number of hydrogen-bond donors (Lipinski definition) is 3. The maximum Gasteiger partial charge on any atom is 0.178 e. The van der Waals surface area contributed by atoms with Crippen LogP contribution in [0.5, 0.6) is 0 Å². The molecule has 0 spiro atoms. The van der Waals surface area contributed by atoms with Crippen molar-refractivity contribution in [1.29, 1.82) is 0 Å². The maximum absolute atomic E-state index is 6.22. The number of aromatic amines is 1. The number of halogens is 1. The minimum Gasteiger partial charge on any atom is -0.384 e. The Balaban J connectivity index is 1.16. The molecule has 0 radical (unpaired) electrons. The van der Waals surface area contributed by atoms with E-state index in [0.29, 0.717) is 24.4 Å².